The zero-order chi connectivity index (χ0) is 23.4. The third-order valence-corrected chi connectivity index (χ3v) is 7.56. The number of benzene rings is 2. The number of nitrogens with zero attached hydrogens (tertiary/aromatic N) is 2. The molecule has 0 spiro atoms. The van der Waals surface area contributed by atoms with Crippen molar-refractivity contribution in [2.24, 2.45) is 11.8 Å². The van der Waals surface area contributed by atoms with E-state index in [0.717, 1.165) is 43.6 Å². The minimum absolute atomic E-state index is 0.0148. The molecule has 2 aliphatic rings. The molecule has 1 aliphatic carbocycles. The van der Waals surface area contributed by atoms with E-state index in [1.807, 2.05) is 32.9 Å². The largest absolute Gasteiger partial charge is 0.339 e. The Morgan fingerprint density at radius 3 is 2.48 bits per heavy atom. The number of hydrogen-bond acceptors (Lipinski definition) is 2. The molecule has 4 heteroatoms. The van der Waals surface area contributed by atoms with Crippen molar-refractivity contribution in [3.63, 3.8) is 0 Å². The van der Waals surface area contributed by atoms with Crippen molar-refractivity contribution in [3.8, 4) is 0 Å². The number of likely N-dealkylation sites (tertiary alicyclic amines) is 1. The zero-order valence-electron chi connectivity index (χ0n) is 20.5. The third-order valence-electron chi connectivity index (χ3n) is 7.56. The van der Waals surface area contributed by atoms with E-state index in [1.54, 1.807) is 6.07 Å². The summed E-state index contributed by atoms with van der Waals surface area (Å²) in [7, 11) is 0. The lowest BCUT2D eigenvalue weighted by molar-refractivity contribution is -0.138. The number of halogens is 1. The van der Waals surface area contributed by atoms with Gasteiger partial charge in [0.15, 0.2) is 0 Å². The monoisotopic (exact) mass is 450 g/mol. The summed E-state index contributed by atoms with van der Waals surface area (Å²) in [5.41, 5.74) is 3.19. The molecule has 2 unspecified atom stereocenters. The fourth-order valence-electron chi connectivity index (χ4n) is 5.81. The van der Waals surface area contributed by atoms with Crippen molar-refractivity contribution in [3.05, 3.63) is 71.0 Å². The maximum atomic E-state index is 14.5. The highest BCUT2D eigenvalue weighted by Gasteiger charge is 2.38. The molecule has 4 rings (SSSR count). The standard InChI is InChI=1S/C29H39FN2O/c1-21(2)29(33)32(26-12-8-5-9-13-26)19-25-18-31(17-24-16-22(3)14-15-28(24)30)20-27(25)23-10-6-4-7-11-23/h4,6-7,10-11,14-16,21,25-27H,5,8-9,12-13,17-20H2,1-3H3. The van der Waals surface area contributed by atoms with Crippen LogP contribution in [-0.2, 0) is 11.3 Å². The van der Waals surface area contributed by atoms with Crippen molar-refractivity contribution < 1.29 is 9.18 Å². The van der Waals surface area contributed by atoms with Crippen LogP contribution in [0.15, 0.2) is 48.5 Å². The first-order chi connectivity index (χ1) is 15.9. The van der Waals surface area contributed by atoms with Crippen molar-refractivity contribution in [2.45, 2.75) is 71.4 Å². The minimum atomic E-state index is -0.126. The number of carbonyl (C=O) groups excluding carboxylic acids is 1. The summed E-state index contributed by atoms with van der Waals surface area (Å²) in [6.07, 6.45) is 5.97. The van der Waals surface area contributed by atoms with Gasteiger partial charge in [-0.3, -0.25) is 9.69 Å². The zero-order valence-corrected chi connectivity index (χ0v) is 20.5. The van der Waals surface area contributed by atoms with Crippen LogP contribution in [0.2, 0.25) is 0 Å². The van der Waals surface area contributed by atoms with Crippen LogP contribution >= 0.6 is 0 Å². The molecule has 3 nitrogen and oxygen atoms in total. The molecule has 0 N–H and O–H groups in total. The van der Waals surface area contributed by atoms with Crippen LogP contribution in [0.5, 0.6) is 0 Å². The molecule has 1 saturated heterocycles. The van der Waals surface area contributed by atoms with E-state index in [9.17, 15) is 9.18 Å². The lowest BCUT2D eigenvalue weighted by Gasteiger charge is -2.38. The molecule has 2 aromatic rings. The van der Waals surface area contributed by atoms with Gasteiger partial charge in [0.25, 0.3) is 0 Å². The lowest BCUT2D eigenvalue weighted by atomic mass is 9.86. The lowest BCUT2D eigenvalue weighted by Crippen LogP contribution is -2.47. The number of rotatable bonds is 7. The van der Waals surface area contributed by atoms with Gasteiger partial charge in [0.05, 0.1) is 0 Å². The van der Waals surface area contributed by atoms with Crippen molar-refractivity contribution in [1.82, 2.24) is 9.80 Å². The first-order valence-corrected chi connectivity index (χ1v) is 12.7. The van der Waals surface area contributed by atoms with Gasteiger partial charge in [-0.05, 0) is 37.3 Å². The van der Waals surface area contributed by atoms with E-state index in [0.29, 0.717) is 24.4 Å². The maximum absolute atomic E-state index is 14.5. The number of aryl methyl sites for hydroxylation is 1. The Bertz CT molecular complexity index is 922. The summed E-state index contributed by atoms with van der Waals surface area (Å²) in [6, 6.07) is 16.4. The molecule has 33 heavy (non-hydrogen) atoms. The van der Waals surface area contributed by atoms with Gasteiger partial charge >= 0.3 is 0 Å². The van der Waals surface area contributed by atoms with Crippen LogP contribution in [-0.4, -0.2) is 41.4 Å². The summed E-state index contributed by atoms with van der Waals surface area (Å²) in [4.78, 5) is 17.9. The fourth-order valence-corrected chi connectivity index (χ4v) is 5.81. The quantitative estimate of drug-likeness (QED) is 0.504. The van der Waals surface area contributed by atoms with Crippen LogP contribution in [0.3, 0.4) is 0 Å². The Balaban J connectivity index is 1.57. The first-order valence-electron chi connectivity index (χ1n) is 12.7. The normalized spacial score (nSPS) is 22.1. The van der Waals surface area contributed by atoms with Crippen LogP contribution in [0.4, 0.5) is 4.39 Å². The molecule has 1 amide bonds. The van der Waals surface area contributed by atoms with Gasteiger partial charge < -0.3 is 4.90 Å². The minimum Gasteiger partial charge on any atom is -0.339 e. The highest BCUT2D eigenvalue weighted by molar-refractivity contribution is 5.78. The van der Waals surface area contributed by atoms with Crippen LogP contribution in [0.1, 0.15) is 68.6 Å². The molecule has 1 heterocycles. The Labute approximate surface area is 199 Å². The third kappa shape index (κ3) is 5.84. The molecule has 1 aliphatic heterocycles. The van der Waals surface area contributed by atoms with Crippen molar-refractivity contribution >= 4 is 5.91 Å². The summed E-state index contributed by atoms with van der Waals surface area (Å²) in [6.45, 7) is 9.27. The van der Waals surface area contributed by atoms with Crippen LogP contribution < -0.4 is 0 Å². The summed E-state index contributed by atoms with van der Waals surface area (Å²) < 4.78 is 14.5. The van der Waals surface area contributed by atoms with Crippen LogP contribution in [0, 0.1) is 24.6 Å². The molecule has 178 valence electrons. The van der Waals surface area contributed by atoms with E-state index >= 15 is 0 Å². The number of carbonyl (C=O) groups is 1. The summed E-state index contributed by atoms with van der Waals surface area (Å²) in [5.74, 6) is 0.882. The molecule has 2 fully saturated rings. The SMILES string of the molecule is Cc1ccc(F)c(CN2CC(CN(C(=O)C(C)C)C3CCCCC3)C(c3ccccc3)C2)c1. The first kappa shape index (κ1) is 23.9. The van der Waals surface area contributed by atoms with E-state index in [4.69, 9.17) is 0 Å². The second-order valence-corrected chi connectivity index (χ2v) is 10.5. The second kappa shape index (κ2) is 10.8. The highest BCUT2D eigenvalue weighted by Crippen LogP contribution is 2.36. The Kier molecular flexibility index (Phi) is 7.85. The fraction of sp³-hybridized carbons (Fsp3) is 0.552. The van der Waals surface area contributed by atoms with Gasteiger partial charge in [0.2, 0.25) is 5.91 Å². The predicted octanol–water partition coefficient (Wildman–Crippen LogP) is 6.17. The topological polar surface area (TPSA) is 23.6 Å². The molecular weight excluding hydrogens is 411 g/mol. The van der Waals surface area contributed by atoms with Crippen LogP contribution in [0.25, 0.3) is 0 Å². The van der Waals surface area contributed by atoms with Gasteiger partial charge in [-0.25, -0.2) is 4.39 Å². The average Bonchev–Trinajstić information content (AvgIpc) is 3.22. The van der Waals surface area contributed by atoms with Gasteiger partial charge in [-0.1, -0.05) is 81.1 Å². The maximum Gasteiger partial charge on any atom is 0.225 e. The summed E-state index contributed by atoms with van der Waals surface area (Å²) >= 11 is 0. The molecule has 0 bridgehead atoms. The van der Waals surface area contributed by atoms with Gasteiger partial charge in [0.1, 0.15) is 5.82 Å². The van der Waals surface area contributed by atoms with E-state index in [1.165, 1.54) is 24.8 Å². The Hall–Kier alpha value is -2.20. The molecule has 2 atom stereocenters. The van der Waals surface area contributed by atoms with E-state index in [-0.39, 0.29) is 17.6 Å². The predicted molar refractivity (Wildman–Crippen MR) is 133 cm³/mol. The van der Waals surface area contributed by atoms with Gasteiger partial charge in [-0.2, -0.15) is 0 Å². The van der Waals surface area contributed by atoms with Gasteiger partial charge in [-0.15, -0.1) is 0 Å². The molecule has 0 aromatic heterocycles. The van der Waals surface area contributed by atoms with E-state index < -0.39 is 0 Å². The summed E-state index contributed by atoms with van der Waals surface area (Å²) in [5, 5.41) is 0. The van der Waals surface area contributed by atoms with E-state index in [2.05, 4.69) is 40.1 Å². The Morgan fingerprint density at radius 2 is 1.79 bits per heavy atom. The van der Waals surface area contributed by atoms with Crippen molar-refractivity contribution in [2.75, 3.05) is 19.6 Å². The number of hydrogen-bond donors (Lipinski definition) is 0. The van der Waals surface area contributed by atoms with Crippen molar-refractivity contribution in [1.29, 1.82) is 0 Å². The average molecular weight is 451 g/mol. The molecule has 0 radical (unpaired) electrons. The molecular formula is C29H39FN2O. The van der Waals surface area contributed by atoms with Gasteiger partial charge in [0, 0.05) is 49.6 Å². The Morgan fingerprint density at radius 1 is 1.06 bits per heavy atom. The smallest absolute Gasteiger partial charge is 0.225 e. The second-order valence-electron chi connectivity index (χ2n) is 10.5. The highest BCUT2D eigenvalue weighted by atomic mass is 19.1. The molecule has 2 aromatic carbocycles. The molecule has 1 saturated carbocycles. The number of amides is 1.